The molecule has 0 atom stereocenters. The van der Waals surface area contributed by atoms with Gasteiger partial charge in [-0.05, 0) is 17.5 Å². The Bertz CT molecular complexity index is 874. The summed E-state index contributed by atoms with van der Waals surface area (Å²) >= 11 is 0. The van der Waals surface area contributed by atoms with E-state index in [-0.39, 0.29) is 0 Å². The van der Waals surface area contributed by atoms with Gasteiger partial charge >= 0.3 is 0 Å². The second-order valence-electron chi connectivity index (χ2n) is 5.33. The summed E-state index contributed by atoms with van der Waals surface area (Å²) in [5.41, 5.74) is 2.31. The minimum Gasteiger partial charge on any atom is -0.493 e. The van der Waals surface area contributed by atoms with Gasteiger partial charge in [0, 0.05) is 25.1 Å². The van der Waals surface area contributed by atoms with Crippen LogP contribution in [0.4, 0.5) is 0 Å². The van der Waals surface area contributed by atoms with Crippen LogP contribution in [0.15, 0.2) is 54.7 Å². The van der Waals surface area contributed by atoms with Crippen molar-refractivity contribution < 1.29 is 42.9 Å². The van der Waals surface area contributed by atoms with Crippen LogP contribution in [-0.2, 0) is 0 Å². The van der Waals surface area contributed by atoms with Crippen molar-refractivity contribution in [3.05, 3.63) is 60.4 Å². The van der Waals surface area contributed by atoms with Crippen LogP contribution in [0.1, 0.15) is 5.69 Å². The van der Waals surface area contributed by atoms with Gasteiger partial charge in [0.15, 0.2) is 23.4 Å². The SMILES string of the molecule is COc1cc2cc(C)[n+](-c3ccccc3)cc2cc1OC.[O-][Cl+3]([O-])([O-])[O-]. The predicted octanol–water partition coefficient (Wildman–Crippen LogP) is -1.31. The van der Waals surface area contributed by atoms with E-state index in [4.69, 9.17) is 28.1 Å². The fourth-order valence-corrected chi connectivity index (χ4v) is 2.55. The summed E-state index contributed by atoms with van der Waals surface area (Å²) in [4.78, 5) is 0. The summed E-state index contributed by atoms with van der Waals surface area (Å²) in [5.74, 6) is 1.50. The van der Waals surface area contributed by atoms with Gasteiger partial charge in [-0.2, -0.15) is 4.57 Å². The lowest BCUT2D eigenvalue weighted by Gasteiger charge is -2.17. The zero-order valence-corrected chi connectivity index (χ0v) is 15.2. The van der Waals surface area contributed by atoms with E-state index in [1.54, 1.807) is 14.2 Å². The van der Waals surface area contributed by atoms with Crippen molar-refractivity contribution in [1.29, 1.82) is 0 Å². The summed E-state index contributed by atoms with van der Waals surface area (Å²) in [6.07, 6.45) is 2.13. The van der Waals surface area contributed by atoms with Crippen LogP contribution in [0, 0.1) is 17.2 Å². The van der Waals surface area contributed by atoms with Crippen molar-refractivity contribution in [3.63, 3.8) is 0 Å². The smallest absolute Gasteiger partial charge is 0.210 e. The number of halogens is 1. The molecule has 0 unspecified atom stereocenters. The number of para-hydroxylation sites is 1. The number of nitrogens with zero attached hydrogens (tertiary/aromatic N) is 1. The average molecular weight is 380 g/mol. The average Bonchev–Trinajstić information content (AvgIpc) is 2.59. The molecule has 26 heavy (non-hydrogen) atoms. The minimum absolute atomic E-state index is 0.744. The van der Waals surface area contributed by atoms with Crippen LogP contribution in [0.3, 0.4) is 0 Å². The maximum atomic E-state index is 8.49. The number of ether oxygens (including phenoxy) is 2. The highest BCUT2D eigenvalue weighted by Gasteiger charge is 2.14. The summed E-state index contributed by atoms with van der Waals surface area (Å²) in [6.45, 7) is 2.10. The van der Waals surface area contributed by atoms with Gasteiger partial charge in [0.05, 0.1) is 19.6 Å². The maximum Gasteiger partial charge on any atom is 0.210 e. The van der Waals surface area contributed by atoms with Gasteiger partial charge in [-0.1, -0.05) is 18.2 Å². The van der Waals surface area contributed by atoms with Crippen molar-refractivity contribution in [2.75, 3.05) is 14.2 Å². The molecular formula is C18H18ClNO6. The molecule has 0 spiro atoms. The Morgan fingerprint density at radius 3 is 1.81 bits per heavy atom. The van der Waals surface area contributed by atoms with E-state index in [2.05, 4.69) is 35.9 Å². The molecule has 1 heterocycles. The van der Waals surface area contributed by atoms with E-state index in [9.17, 15) is 0 Å². The molecule has 0 aliphatic heterocycles. The van der Waals surface area contributed by atoms with Gasteiger partial charge in [0.2, 0.25) is 5.69 Å². The Labute approximate surface area is 153 Å². The van der Waals surface area contributed by atoms with Gasteiger partial charge < -0.3 is 9.47 Å². The number of fused-ring (bicyclic) bond motifs is 1. The monoisotopic (exact) mass is 379 g/mol. The number of methoxy groups -OCH3 is 2. The third-order valence-corrected chi connectivity index (χ3v) is 3.64. The van der Waals surface area contributed by atoms with Crippen molar-refractivity contribution >= 4 is 10.8 Å². The normalized spacial score (nSPS) is 10.9. The number of aromatic nitrogens is 1. The quantitative estimate of drug-likeness (QED) is 0.522. The molecule has 8 heteroatoms. The lowest BCUT2D eigenvalue weighted by Crippen LogP contribution is -2.68. The Kier molecular flexibility index (Phi) is 6.36. The number of benzene rings is 2. The first-order chi connectivity index (χ1) is 12.2. The molecule has 0 bridgehead atoms. The molecule has 0 fully saturated rings. The number of hydrogen-bond acceptors (Lipinski definition) is 6. The first-order valence-corrected chi connectivity index (χ1v) is 8.71. The molecule has 0 N–H and O–H groups in total. The third kappa shape index (κ3) is 5.29. The molecule has 2 aromatic carbocycles. The highest BCUT2D eigenvalue weighted by atomic mass is 35.7. The summed E-state index contributed by atoms with van der Waals surface area (Å²) < 4.78 is 46.9. The van der Waals surface area contributed by atoms with E-state index in [1.165, 1.54) is 5.69 Å². The van der Waals surface area contributed by atoms with Crippen molar-refractivity contribution in [2.45, 2.75) is 6.92 Å². The van der Waals surface area contributed by atoms with Gasteiger partial charge in [-0.15, -0.1) is 10.2 Å². The number of rotatable bonds is 3. The second kappa shape index (κ2) is 8.31. The molecule has 0 aliphatic carbocycles. The Balaban J connectivity index is 0.000000431. The molecule has 138 valence electrons. The number of pyridine rings is 1. The van der Waals surface area contributed by atoms with Gasteiger partial charge in [0.1, 0.15) is 0 Å². The largest absolute Gasteiger partial charge is 0.493 e. The van der Waals surface area contributed by atoms with E-state index < -0.39 is 10.2 Å². The van der Waals surface area contributed by atoms with Crippen molar-refractivity contribution in [3.8, 4) is 17.2 Å². The van der Waals surface area contributed by atoms with E-state index in [0.29, 0.717) is 0 Å². The molecule has 1 aromatic heterocycles. The highest BCUT2D eigenvalue weighted by molar-refractivity contribution is 5.85. The van der Waals surface area contributed by atoms with E-state index in [0.717, 1.165) is 28.0 Å². The zero-order chi connectivity index (χ0) is 19.3. The van der Waals surface area contributed by atoms with E-state index >= 15 is 0 Å². The molecule has 0 aliphatic rings. The highest BCUT2D eigenvalue weighted by Crippen LogP contribution is 2.31. The number of hydrogen-bond donors (Lipinski definition) is 0. The van der Waals surface area contributed by atoms with Crippen molar-refractivity contribution in [2.24, 2.45) is 0 Å². The molecule has 0 amide bonds. The molecule has 0 radical (unpaired) electrons. The standard InChI is InChI=1S/C18H18NO2.ClHO4/c1-13-9-14-10-17(20-2)18(21-3)11-15(14)12-19(13)16-7-5-4-6-8-16;2-1(3,4)5/h4-12H,1-3H3;(H,2,3,4,5)/q+1;/p-1. The lowest BCUT2D eigenvalue weighted by atomic mass is 10.1. The summed E-state index contributed by atoms with van der Waals surface area (Å²) in [7, 11) is -1.63. The van der Waals surface area contributed by atoms with Gasteiger partial charge in [0.25, 0.3) is 0 Å². The first-order valence-electron chi connectivity index (χ1n) is 7.48. The van der Waals surface area contributed by atoms with E-state index in [1.807, 2.05) is 30.3 Å². The van der Waals surface area contributed by atoms with Crippen LogP contribution in [0.2, 0.25) is 0 Å². The third-order valence-electron chi connectivity index (χ3n) is 3.64. The van der Waals surface area contributed by atoms with Gasteiger partial charge in [-0.25, -0.2) is 18.6 Å². The molecule has 3 rings (SSSR count). The molecule has 0 saturated carbocycles. The topological polar surface area (TPSA) is 115 Å². The van der Waals surface area contributed by atoms with Crippen molar-refractivity contribution in [1.82, 2.24) is 0 Å². The zero-order valence-electron chi connectivity index (χ0n) is 14.5. The minimum atomic E-state index is -4.94. The maximum absolute atomic E-state index is 8.49. The molecule has 0 saturated heterocycles. The molecule has 3 aromatic rings. The predicted molar refractivity (Wildman–Crippen MR) is 83.3 cm³/mol. The Morgan fingerprint density at radius 1 is 0.808 bits per heavy atom. The van der Waals surface area contributed by atoms with Gasteiger partial charge in [-0.3, -0.25) is 0 Å². The fourth-order valence-electron chi connectivity index (χ4n) is 2.55. The van der Waals surface area contributed by atoms with Crippen LogP contribution >= 0.6 is 0 Å². The first kappa shape index (κ1) is 19.9. The van der Waals surface area contributed by atoms with Crippen LogP contribution in [-0.4, -0.2) is 14.2 Å². The number of aryl methyl sites for hydroxylation is 1. The summed E-state index contributed by atoms with van der Waals surface area (Å²) in [6, 6.07) is 16.5. The lowest BCUT2D eigenvalue weighted by molar-refractivity contribution is -2.00. The Hall–Kier alpha value is -2.42. The molecular weight excluding hydrogens is 362 g/mol. The fraction of sp³-hybridized carbons (Fsp3) is 0.167. The summed E-state index contributed by atoms with van der Waals surface area (Å²) in [5, 5.41) is 2.25. The van der Waals surface area contributed by atoms with Crippen LogP contribution in [0.25, 0.3) is 16.5 Å². The Morgan fingerprint density at radius 2 is 1.31 bits per heavy atom. The molecule has 7 nitrogen and oxygen atoms in total. The van der Waals surface area contributed by atoms with Crippen LogP contribution in [0.5, 0.6) is 11.5 Å². The van der Waals surface area contributed by atoms with Crippen LogP contribution < -0.4 is 32.7 Å². The second-order valence-corrected chi connectivity index (χ2v) is 6.09.